The molecule has 110 valence electrons. The van der Waals surface area contributed by atoms with Gasteiger partial charge in [0.2, 0.25) is 11.8 Å². The lowest BCUT2D eigenvalue weighted by molar-refractivity contribution is -0.129. The second-order valence-corrected chi connectivity index (χ2v) is 5.05. The normalized spacial score (nSPS) is 10.2. The van der Waals surface area contributed by atoms with E-state index in [2.05, 4.69) is 26.6 Å². The Morgan fingerprint density at radius 1 is 1.15 bits per heavy atom. The molecule has 6 heteroatoms. The van der Waals surface area contributed by atoms with Crippen molar-refractivity contribution in [3.8, 4) is 0 Å². The van der Waals surface area contributed by atoms with E-state index in [-0.39, 0.29) is 24.9 Å². The minimum absolute atomic E-state index is 0.00342. The predicted octanol–water partition coefficient (Wildman–Crippen LogP) is 1.85. The third kappa shape index (κ3) is 5.30. The lowest BCUT2D eigenvalue weighted by Gasteiger charge is -2.18. The highest BCUT2D eigenvalue weighted by Crippen LogP contribution is 2.20. The maximum atomic E-state index is 11.7. The van der Waals surface area contributed by atoms with Crippen LogP contribution in [-0.2, 0) is 9.59 Å². The number of carbonyl (C=O) groups is 2. The van der Waals surface area contributed by atoms with Crippen molar-refractivity contribution in [2.45, 2.75) is 13.8 Å². The molecule has 0 saturated heterocycles. The van der Waals surface area contributed by atoms with Gasteiger partial charge in [-0.25, -0.2) is 0 Å². The Balaban J connectivity index is 2.34. The Morgan fingerprint density at radius 3 is 2.40 bits per heavy atom. The first kappa shape index (κ1) is 16.7. The van der Waals surface area contributed by atoms with Gasteiger partial charge in [0.25, 0.3) is 0 Å². The average Bonchev–Trinajstić information content (AvgIpc) is 2.43. The molecule has 5 nitrogen and oxygen atoms in total. The molecule has 0 saturated carbocycles. The standard InChI is InChI=1S/C14H20BrN3O2/c1-3-18(4-2)14(20)10-16-9-13(19)17-12-8-6-5-7-11(12)15/h5-8,16H,3-4,9-10H2,1-2H3,(H,17,19). The van der Waals surface area contributed by atoms with Crippen molar-refractivity contribution in [3.05, 3.63) is 28.7 Å². The van der Waals surface area contributed by atoms with Gasteiger partial charge in [-0.1, -0.05) is 12.1 Å². The number of carbonyl (C=O) groups excluding carboxylic acids is 2. The molecule has 2 amide bonds. The third-order valence-corrected chi connectivity index (χ3v) is 3.52. The molecule has 2 N–H and O–H groups in total. The smallest absolute Gasteiger partial charge is 0.238 e. The maximum absolute atomic E-state index is 11.7. The summed E-state index contributed by atoms with van der Waals surface area (Å²) in [5.41, 5.74) is 0.717. The van der Waals surface area contributed by atoms with E-state index in [9.17, 15) is 9.59 Å². The Kier molecular flexibility index (Phi) is 7.25. The van der Waals surface area contributed by atoms with Gasteiger partial charge in [0, 0.05) is 17.6 Å². The molecule has 0 aliphatic carbocycles. The van der Waals surface area contributed by atoms with Crippen molar-refractivity contribution >= 4 is 33.4 Å². The summed E-state index contributed by atoms with van der Waals surface area (Å²) in [7, 11) is 0. The zero-order valence-corrected chi connectivity index (χ0v) is 13.4. The van der Waals surface area contributed by atoms with E-state index in [0.29, 0.717) is 13.1 Å². The number of hydrogen-bond donors (Lipinski definition) is 2. The summed E-state index contributed by atoms with van der Waals surface area (Å²) < 4.78 is 0.826. The van der Waals surface area contributed by atoms with Crippen LogP contribution in [0, 0.1) is 0 Å². The first-order valence-electron chi connectivity index (χ1n) is 6.61. The quantitative estimate of drug-likeness (QED) is 0.795. The van der Waals surface area contributed by atoms with E-state index in [1.807, 2.05) is 38.1 Å². The van der Waals surface area contributed by atoms with Gasteiger partial charge in [0.15, 0.2) is 0 Å². The molecule has 0 fully saturated rings. The Morgan fingerprint density at radius 2 is 1.80 bits per heavy atom. The second-order valence-electron chi connectivity index (χ2n) is 4.20. The van der Waals surface area contributed by atoms with Crippen molar-refractivity contribution in [2.24, 2.45) is 0 Å². The molecular formula is C14H20BrN3O2. The van der Waals surface area contributed by atoms with Crippen LogP contribution in [0.5, 0.6) is 0 Å². The number of para-hydroxylation sites is 1. The largest absolute Gasteiger partial charge is 0.342 e. The molecule has 1 rings (SSSR count). The Hall–Kier alpha value is -1.40. The summed E-state index contributed by atoms with van der Waals surface area (Å²) in [5.74, 6) is -0.173. The molecule has 0 aromatic heterocycles. The highest BCUT2D eigenvalue weighted by Gasteiger charge is 2.10. The van der Waals surface area contributed by atoms with Crippen LogP contribution in [0.4, 0.5) is 5.69 Å². The van der Waals surface area contributed by atoms with Gasteiger partial charge in [0.1, 0.15) is 0 Å². The zero-order chi connectivity index (χ0) is 15.0. The highest BCUT2D eigenvalue weighted by atomic mass is 79.9. The van der Waals surface area contributed by atoms with Gasteiger partial charge in [0.05, 0.1) is 18.8 Å². The predicted molar refractivity (Wildman–Crippen MR) is 83.6 cm³/mol. The van der Waals surface area contributed by atoms with Crippen molar-refractivity contribution in [1.29, 1.82) is 0 Å². The fourth-order valence-corrected chi connectivity index (χ4v) is 2.11. The van der Waals surface area contributed by atoms with E-state index in [1.165, 1.54) is 0 Å². The summed E-state index contributed by atoms with van der Waals surface area (Å²) in [6.07, 6.45) is 0. The molecule has 1 aromatic rings. The number of likely N-dealkylation sites (N-methyl/N-ethyl adjacent to an activating group) is 1. The molecule has 0 radical (unpaired) electrons. The second kappa shape index (κ2) is 8.71. The summed E-state index contributed by atoms with van der Waals surface area (Å²) >= 11 is 3.36. The number of benzene rings is 1. The van der Waals surface area contributed by atoms with Gasteiger partial charge in [-0.15, -0.1) is 0 Å². The van der Waals surface area contributed by atoms with E-state index in [4.69, 9.17) is 0 Å². The zero-order valence-electron chi connectivity index (χ0n) is 11.8. The molecule has 0 heterocycles. The molecule has 20 heavy (non-hydrogen) atoms. The van der Waals surface area contributed by atoms with Crippen molar-refractivity contribution < 1.29 is 9.59 Å². The topological polar surface area (TPSA) is 61.4 Å². The van der Waals surface area contributed by atoms with Crippen LogP contribution in [0.25, 0.3) is 0 Å². The van der Waals surface area contributed by atoms with Crippen LogP contribution in [-0.4, -0.2) is 42.9 Å². The SMILES string of the molecule is CCN(CC)C(=O)CNCC(=O)Nc1ccccc1Br. The molecule has 0 bridgehead atoms. The van der Waals surface area contributed by atoms with Crippen LogP contribution < -0.4 is 10.6 Å². The van der Waals surface area contributed by atoms with E-state index in [1.54, 1.807) is 4.90 Å². The maximum Gasteiger partial charge on any atom is 0.238 e. The van der Waals surface area contributed by atoms with E-state index in [0.717, 1.165) is 10.2 Å². The number of rotatable bonds is 7. The molecule has 0 spiro atoms. The summed E-state index contributed by atoms with van der Waals surface area (Å²) in [6, 6.07) is 7.38. The number of amides is 2. The van der Waals surface area contributed by atoms with Gasteiger partial charge in [-0.05, 0) is 41.9 Å². The van der Waals surface area contributed by atoms with Crippen LogP contribution in [0.1, 0.15) is 13.8 Å². The molecule has 1 aromatic carbocycles. The number of hydrogen-bond acceptors (Lipinski definition) is 3. The first-order valence-corrected chi connectivity index (χ1v) is 7.40. The Bertz CT molecular complexity index is 461. The van der Waals surface area contributed by atoms with Crippen LogP contribution in [0.15, 0.2) is 28.7 Å². The van der Waals surface area contributed by atoms with E-state index >= 15 is 0 Å². The van der Waals surface area contributed by atoms with Gasteiger partial charge in [-0.3, -0.25) is 14.9 Å². The Labute approximate surface area is 127 Å². The molecular weight excluding hydrogens is 322 g/mol. The minimum atomic E-state index is -0.177. The minimum Gasteiger partial charge on any atom is -0.342 e. The summed E-state index contributed by atoms with van der Waals surface area (Å²) in [5, 5.41) is 5.62. The van der Waals surface area contributed by atoms with E-state index < -0.39 is 0 Å². The van der Waals surface area contributed by atoms with Gasteiger partial charge < -0.3 is 10.2 Å². The van der Waals surface area contributed by atoms with Crippen molar-refractivity contribution in [1.82, 2.24) is 10.2 Å². The number of anilines is 1. The average molecular weight is 342 g/mol. The van der Waals surface area contributed by atoms with Crippen molar-refractivity contribution in [2.75, 3.05) is 31.5 Å². The van der Waals surface area contributed by atoms with Crippen LogP contribution >= 0.6 is 15.9 Å². The van der Waals surface area contributed by atoms with Crippen LogP contribution in [0.2, 0.25) is 0 Å². The number of nitrogens with one attached hydrogen (secondary N) is 2. The van der Waals surface area contributed by atoms with Crippen LogP contribution in [0.3, 0.4) is 0 Å². The van der Waals surface area contributed by atoms with Crippen molar-refractivity contribution in [3.63, 3.8) is 0 Å². The monoisotopic (exact) mass is 341 g/mol. The fraction of sp³-hybridized carbons (Fsp3) is 0.429. The number of nitrogens with zero attached hydrogens (tertiary/aromatic N) is 1. The third-order valence-electron chi connectivity index (χ3n) is 2.83. The highest BCUT2D eigenvalue weighted by molar-refractivity contribution is 9.10. The summed E-state index contributed by atoms with van der Waals surface area (Å²) in [4.78, 5) is 25.2. The fourth-order valence-electron chi connectivity index (χ4n) is 1.73. The lowest BCUT2D eigenvalue weighted by atomic mass is 10.3. The van der Waals surface area contributed by atoms with Gasteiger partial charge in [-0.2, -0.15) is 0 Å². The van der Waals surface area contributed by atoms with Gasteiger partial charge >= 0.3 is 0 Å². The molecule has 0 atom stereocenters. The molecule has 0 aliphatic rings. The lowest BCUT2D eigenvalue weighted by Crippen LogP contribution is -2.40. The molecule has 0 unspecified atom stereocenters. The molecule has 0 aliphatic heterocycles. The summed E-state index contributed by atoms with van der Waals surface area (Å²) in [6.45, 7) is 5.50. The number of halogens is 1. The first-order chi connectivity index (χ1) is 9.58.